The van der Waals surface area contributed by atoms with Crippen molar-refractivity contribution in [2.45, 2.75) is 19.4 Å². The predicted octanol–water partition coefficient (Wildman–Crippen LogP) is 1.78. The average molecular weight is 253 g/mol. The number of amides is 1. The van der Waals surface area contributed by atoms with Crippen molar-refractivity contribution < 1.29 is 19.0 Å². The summed E-state index contributed by atoms with van der Waals surface area (Å²) in [5.74, 6) is -1.49. The van der Waals surface area contributed by atoms with Gasteiger partial charge >= 0.3 is 0 Å². The fraction of sp³-hybridized carbons (Fsp3) is 0.462. The van der Waals surface area contributed by atoms with Gasteiger partial charge in [0.2, 0.25) is 0 Å². The fourth-order valence-corrected chi connectivity index (χ4v) is 2.03. The first-order valence-electron chi connectivity index (χ1n) is 6.01. The molecule has 1 aromatic rings. The zero-order valence-corrected chi connectivity index (χ0v) is 10.2. The molecular weight excluding hydrogens is 237 g/mol. The number of aromatic hydroxyl groups is 1. The SMILES string of the molecule is CCC1CN(C(=O)c2c(O)cccc2F)CCO1. The smallest absolute Gasteiger partial charge is 0.260 e. The zero-order chi connectivity index (χ0) is 13.1. The highest BCUT2D eigenvalue weighted by Crippen LogP contribution is 2.23. The van der Waals surface area contributed by atoms with Crippen molar-refractivity contribution in [3.8, 4) is 5.75 Å². The maximum atomic E-state index is 13.6. The molecule has 98 valence electrons. The van der Waals surface area contributed by atoms with E-state index in [1.54, 1.807) is 0 Å². The van der Waals surface area contributed by atoms with Crippen molar-refractivity contribution in [1.29, 1.82) is 0 Å². The van der Waals surface area contributed by atoms with Gasteiger partial charge in [0.05, 0.1) is 12.7 Å². The van der Waals surface area contributed by atoms with Gasteiger partial charge in [-0.05, 0) is 18.6 Å². The van der Waals surface area contributed by atoms with E-state index >= 15 is 0 Å². The molecule has 0 aliphatic carbocycles. The normalized spacial score (nSPS) is 19.9. The fourth-order valence-electron chi connectivity index (χ4n) is 2.03. The lowest BCUT2D eigenvalue weighted by molar-refractivity contribution is -0.0228. The molecule has 0 radical (unpaired) electrons. The number of rotatable bonds is 2. The molecule has 0 bridgehead atoms. The van der Waals surface area contributed by atoms with Gasteiger partial charge in [-0.15, -0.1) is 0 Å². The van der Waals surface area contributed by atoms with E-state index in [0.29, 0.717) is 19.7 Å². The van der Waals surface area contributed by atoms with Gasteiger partial charge in [-0.1, -0.05) is 13.0 Å². The number of phenols is 1. The van der Waals surface area contributed by atoms with Gasteiger partial charge in [0.1, 0.15) is 17.1 Å². The van der Waals surface area contributed by atoms with Gasteiger partial charge in [0, 0.05) is 13.1 Å². The van der Waals surface area contributed by atoms with Crippen LogP contribution in [0.15, 0.2) is 18.2 Å². The number of benzene rings is 1. The molecule has 5 heteroatoms. The molecule has 1 aliphatic heterocycles. The Kier molecular flexibility index (Phi) is 3.81. The summed E-state index contributed by atoms with van der Waals surface area (Å²) in [6.45, 7) is 3.27. The van der Waals surface area contributed by atoms with E-state index in [1.165, 1.54) is 23.1 Å². The minimum Gasteiger partial charge on any atom is -0.507 e. The number of ether oxygens (including phenoxy) is 1. The van der Waals surface area contributed by atoms with Crippen molar-refractivity contribution in [3.05, 3.63) is 29.6 Å². The number of hydrogen-bond donors (Lipinski definition) is 1. The molecule has 1 fully saturated rings. The van der Waals surface area contributed by atoms with Crippen LogP contribution in [0.5, 0.6) is 5.75 Å². The third kappa shape index (κ3) is 2.46. The molecule has 1 amide bonds. The quantitative estimate of drug-likeness (QED) is 0.874. The van der Waals surface area contributed by atoms with Crippen molar-refractivity contribution in [2.24, 2.45) is 0 Å². The number of carbonyl (C=O) groups is 1. The monoisotopic (exact) mass is 253 g/mol. The molecule has 0 saturated carbocycles. The summed E-state index contributed by atoms with van der Waals surface area (Å²) >= 11 is 0. The van der Waals surface area contributed by atoms with Crippen LogP contribution >= 0.6 is 0 Å². The lowest BCUT2D eigenvalue weighted by Gasteiger charge is -2.32. The molecule has 0 aromatic heterocycles. The van der Waals surface area contributed by atoms with E-state index in [9.17, 15) is 14.3 Å². The van der Waals surface area contributed by atoms with E-state index < -0.39 is 11.7 Å². The number of morpholine rings is 1. The summed E-state index contributed by atoms with van der Waals surface area (Å²) in [4.78, 5) is 13.7. The van der Waals surface area contributed by atoms with Crippen LogP contribution in [0.3, 0.4) is 0 Å². The number of carbonyl (C=O) groups excluding carboxylic acids is 1. The van der Waals surface area contributed by atoms with Crippen molar-refractivity contribution in [1.82, 2.24) is 4.90 Å². The lowest BCUT2D eigenvalue weighted by Crippen LogP contribution is -2.45. The molecule has 1 unspecified atom stereocenters. The first-order chi connectivity index (χ1) is 8.63. The molecular formula is C13H16FNO3. The summed E-state index contributed by atoms with van der Waals surface area (Å²) in [5, 5.41) is 9.60. The second-order valence-electron chi connectivity index (χ2n) is 4.29. The average Bonchev–Trinajstić information content (AvgIpc) is 2.38. The van der Waals surface area contributed by atoms with Crippen LogP contribution in [0.1, 0.15) is 23.7 Å². The Labute approximate surface area is 105 Å². The van der Waals surface area contributed by atoms with E-state index in [0.717, 1.165) is 6.42 Å². The maximum Gasteiger partial charge on any atom is 0.260 e. The van der Waals surface area contributed by atoms with Crippen LogP contribution in [0.25, 0.3) is 0 Å². The van der Waals surface area contributed by atoms with Gasteiger partial charge < -0.3 is 14.7 Å². The first-order valence-corrected chi connectivity index (χ1v) is 6.01. The third-order valence-electron chi connectivity index (χ3n) is 3.09. The number of phenolic OH excluding ortho intramolecular Hbond substituents is 1. The van der Waals surface area contributed by atoms with Crippen LogP contribution < -0.4 is 0 Å². The van der Waals surface area contributed by atoms with Crippen LogP contribution in [0.2, 0.25) is 0 Å². The summed E-state index contributed by atoms with van der Waals surface area (Å²) in [6, 6.07) is 3.86. The van der Waals surface area contributed by atoms with Crippen molar-refractivity contribution in [2.75, 3.05) is 19.7 Å². The molecule has 1 heterocycles. The molecule has 1 saturated heterocycles. The highest BCUT2D eigenvalue weighted by atomic mass is 19.1. The lowest BCUT2D eigenvalue weighted by atomic mass is 10.1. The Morgan fingerprint density at radius 1 is 1.61 bits per heavy atom. The van der Waals surface area contributed by atoms with Gasteiger partial charge in [-0.2, -0.15) is 0 Å². The Bertz CT molecular complexity index is 430. The van der Waals surface area contributed by atoms with Gasteiger partial charge in [-0.25, -0.2) is 4.39 Å². The topological polar surface area (TPSA) is 49.8 Å². The number of nitrogens with zero attached hydrogens (tertiary/aromatic N) is 1. The summed E-state index contributed by atoms with van der Waals surface area (Å²) in [6.07, 6.45) is 0.782. The summed E-state index contributed by atoms with van der Waals surface area (Å²) < 4.78 is 19.0. The molecule has 18 heavy (non-hydrogen) atoms. The van der Waals surface area contributed by atoms with Crippen molar-refractivity contribution >= 4 is 5.91 Å². The maximum absolute atomic E-state index is 13.6. The Hall–Kier alpha value is -1.62. The molecule has 4 nitrogen and oxygen atoms in total. The van der Waals surface area contributed by atoms with E-state index in [4.69, 9.17) is 4.74 Å². The summed E-state index contributed by atoms with van der Waals surface area (Å²) in [5.41, 5.74) is -0.255. The van der Waals surface area contributed by atoms with Crippen molar-refractivity contribution in [3.63, 3.8) is 0 Å². The van der Waals surface area contributed by atoms with Crippen LogP contribution in [-0.4, -0.2) is 41.7 Å². The van der Waals surface area contributed by atoms with Gasteiger partial charge in [-0.3, -0.25) is 4.79 Å². The standard InChI is InChI=1S/C13H16FNO3/c1-2-9-8-15(6-7-18-9)13(17)12-10(14)4-3-5-11(12)16/h3-5,9,16H,2,6-8H2,1H3. The largest absolute Gasteiger partial charge is 0.507 e. The molecule has 1 aromatic carbocycles. The van der Waals surface area contributed by atoms with E-state index in [1.807, 2.05) is 6.92 Å². The third-order valence-corrected chi connectivity index (χ3v) is 3.09. The molecule has 1 atom stereocenters. The second-order valence-corrected chi connectivity index (χ2v) is 4.29. The minimum atomic E-state index is -0.695. The van der Waals surface area contributed by atoms with E-state index in [-0.39, 0.29) is 17.4 Å². The first kappa shape index (κ1) is 12.8. The van der Waals surface area contributed by atoms with Crippen LogP contribution in [0.4, 0.5) is 4.39 Å². The molecule has 1 N–H and O–H groups in total. The minimum absolute atomic E-state index is 0.0170. The molecule has 1 aliphatic rings. The van der Waals surface area contributed by atoms with Gasteiger partial charge in [0.15, 0.2) is 0 Å². The number of halogens is 1. The van der Waals surface area contributed by atoms with Crippen LogP contribution in [0, 0.1) is 5.82 Å². The Morgan fingerprint density at radius 3 is 3.06 bits per heavy atom. The highest BCUT2D eigenvalue weighted by Gasteiger charge is 2.27. The second kappa shape index (κ2) is 5.35. The number of hydrogen-bond acceptors (Lipinski definition) is 3. The Balaban J connectivity index is 2.20. The highest BCUT2D eigenvalue weighted by molar-refractivity contribution is 5.97. The molecule has 2 rings (SSSR count). The van der Waals surface area contributed by atoms with Crippen LogP contribution in [-0.2, 0) is 4.74 Å². The summed E-state index contributed by atoms with van der Waals surface area (Å²) in [7, 11) is 0. The van der Waals surface area contributed by atoms with E-state index in [2.05, 4.69) is 0 Å². The van der Waals surface area contributed by atoms with Gasteiger partial charge in [0.25, 0.3) is 5.91 Å². The molecule has 0 spiro atoms. The predicted molar refractivity (Wildman–Crippen MR) is 64.0 cm³/mol. The zero-order valence-electron chi connectivity index (χ0n) is 10.2. The Morgan fingerprint density at radius 2 is 2.39 bits per heavy atom.